The molecular weight excluding hydrogens is 495 g/mol. The van der Waals surface area contributed by atoms with Gasteiger partial charge in [0.1, 0.15) is 11.9 Å². The third-order valence-corrected chi connectivity index (χ3v) is 6.97. The summed E-state index contributed by atoms with van der Waals surface area (Å²) in [5.74, 6) is -3.94. The number of hydrogen-bond acceptors (Lipinski definition) is 4. The molecule has 1 saturated heterocycles. The Morgan fingerprint density at radius 3 is 2.42 bits per heavy atom. The van der Waals surface area contributed by atoms with E-state index in [9.17, 15) is 22.4 Å². The van der Waals surface area contributed by atoms with Crippen molar-refractivity contribution in [2.24, 2.45) is 0 Å². The lowest BCUT2D eigenvalue weighted by Gasteiger charge is -2.20. The summed E-state index contributed by atoms with van der Waals surface area (Å²) in [6.45, 7) is 1.69. The average molecular weight is 518 g/mol. The van der Waals surface area contributed by atoms with Gasteiger partial charge in [-0.1, -0.05) is 24.3 Å². The van der Waals surface area contributed by atoms with E-state index in [1.165, 1.54) is 48.5 Å². The number of carbonyl (C=O) groups excluding carboxylic acids is 2. The fourth-order valence-corrected chi connectivity index (χ4v) is 4.96. The molecule has 1 heterocycles. The van der Waals surface area contributed by atoms with Crippen LogP contribution in [0, 0.1) is 24.4 Å². The molecule has 3 aromatic rings. The topological polar surface area (TPSA) is 95.6 Å². The Hall–Kier alpha value is -3.86. The lowest BCUT2D eigenvalue weighted by Crippen LogP contribution is -2.43. The van der Waals surface area contributed by atoms with Gasteiger partial charge in [0.05, 0.1) is 16.3 Å². The number of aryl methyl sites for hydroxylation is 1. The molecule has 3 amide bonds. The van der Waals surface area contributed by atoms with Crippen LogP contribution in [-0.4, -0.2) is 39.2 Å². The van der Waals surface area contributed by atoms with E-state index in [1.807, 2.05) is 0 Å². The van der Waals surface area contributed by atoms with Crippen LogP contribution >= 0.6 is 0 Å². The molecule has 1 fully saturated rings. The Bertz CT molecular complexity index is 1480. The van der Waals surface area contributed by atoms with Crippen LogP contribution in [-0.2, 0) is 14.6 Å². The molecule has 4 rings (SSSR count). The van der Waals surface area contributed by atoms with Gasteiger partial charge >= 0.3 is 6.03 Å². The second kappa shape index (κ2) is 9.65. The van der Waals surface area contributed by atoms with E-state index in [2.05, 4.69) is 10.6 Å². The summed E-state index contributed by atoms with van der Waals surface area (Å²) in [5, 5.41) is 4.75. The molecule has 11 heteroatoms. The van der Waals surface area contributed by atoms with Crippen LogP contribution < -0.4 is 15.5 Å². The van der Waals surface area contributed by atoms with Gasteiger partial charge in [0.25, 0.3) is 0 Å². The van der Waals surface area contributed by atoms with Gasteiger partial charge in [-0.05, 0) is 49.2 Å². The number of nitrogens with zero attached hydrogens (tertiary/aromatic N) is 1. The van der Waals surface area contributed by atoms with E-state index in [0.717, 1.165) is 11.2 Å². The number of amides is 3. The van der Waals surface area contributed by atoms with Crippen LogP contribution in [0.15, 0.2) is 59.5 Å². The summed E-state index contributed by atoms with van der Waals surface area (Å²) in [4.78, 5) is 26.0. The number of benzene rings is 3. The molecule has 0 saturated carbocycles. The fraction of sp³-hybridized carbons (Fsp3) is 0.200. The zero-order chi connectivity index (χ0) is 26.2. The normalized spacial score (nSPS) is 15.8. The van der Waals surface area contributed by atoms with E-state index in [-0.39, 0.29) is 40.4 Å². The summed E-state index contributed by atoms with van der Waals surface area (Å²) < 4.78 is 68.3. The van der Waals surface area contributed by atoms with Gasteiger partial charge in [0.2, 0.25) is 5.91 Å². The van der Waals surface area contributed by atoms with Crippen molar-refractivity contribution in [2.45, 2.75) is 24.3 Å². The number of rotatable bonds is 5. The number of nitrogens with one attached hydrogen (secondary N) is 2. The molecule has 3 aromatic carbocycles. The molecule has 36 heavy (non-hydrogen) atoms. The highest BCUT2D eigenvalue weighted by molar-refractivity contribution is 7.90. The minimum Gasteiger partial charge on any atom is -0.326 e. The first kappa shape index (κ1) is 25.2. The van der Waals surface area contributed by atoms with Crippen LogP contribution in [0.25, 0.3) is 11.1 Å². The molecule has 1 aliphatic heterocycles. The maximum absolute atomic E-state index is 15.1. The Morgan fingerprint density at radius 2 is 1.72 bits per heavy atom. The lowest BCUT2D eigenvalue weighted by molar-refractivity contribution is -0.118. The fourth-order valence-electron chi connectivity index (χ4n) is 4.06. The molecule has 0 aromatic heterocycles. The van der Waals surface area contributed by atoms with Crippen LogP contribution in [0.5, 0.6) is 0 Å². The summed E-state index contributed by atoms with van der Waals surface area (Å²) in [7, 11) is -3.72. The maximum atomic E-state index is 15.1. The van der Waals surface area contributed by atoms with Gasteiger partial charge in [0.15, 0.2) is 21.5 Å². The van der Waals surface area contributed by atoms with Gasteiger partial charge in [-0.2, -0.15) is 0 Å². The summed E-state index contributed by atoms with van der Waals surface area (Å²) in [6.07, 6.45) is 1.08. The van der Waals surface area contributed by atoms with Crippen molar-refractivity contribution in [3.8, 4) is 11.1 Å². The van der Waals surface area contributed by atoms with Gasteiger partial charge in [-0.3, -0.25) is 4.79 Å². The van der Waals surface area contributed by atoms with E-state index >= 15 is 8.78 Å². The van der Waals surface area contributed by atoms with E-state index in [0.29, 0.717) is 5.56 Å². The number of anilines is 2. The van der Waals surface area contributed by atoms with Crippen molar-refractivity contribution in [3.63, 3.8) is 0 Å². The lowest BCUT2D eigenvalue weighted by atomic mass is 10.0. The van der Waals surface area contributed by atoms with Crippen LogP contribution in [0.2, 0.25) is 0 Å². The summed E-state index contributed by atoms with van der Waals surface area (Å²) in [6, 6.07) is 10.4. The molecule has 0 radical (unpaired) electrons. The summed E-state index contributed by atoms with van der Waals surface area (Å²) in [5.41, 5.74) is -0.0145. The van der Waals surface area contributed by atoms with E-state index in [4.69, 9.17) is 0 Å². The SMILES string of the molecule is Cc1ccc(NC(=O)N[C@@H]2CCN(c3ccc(-c4ccccc4S(C)(=O)=O)c(F)c3F)C2=O)c(F)c1. The second-order valence-electron chi connectivity index (χ2n) is 8.44. The van der Waals surface area contributed by atoms with Crippen molar-refractivity contribution in [1.82, 2.24) is 5.32 Å². The smallest absolute Gasteiger partial charge is 0.319 e. The Labute approximate surface area is 205 Å². The third-order valence-electron chi connectivity index (χ3n) is 5.81. The van der Waals surface area contributed by atoms with Crippen molar-refractivity contribution in [2.75, 3.05) is 23.0 Å². The van der Waals surface area contributed by atoms with Crippen LogP contribution in [0.1, 0.15) is 12.0 Å². The molecule has 0 unspecified atom stereocenters. The number of halogens is 3. The number of carbonyl (C=O) groups is 2. The highest BCUT2D eigenvalue weighted by atomic mass is 32.2. The van der Waals surface area contributed by atoms with Crippen molar-refractivity contribution in [3.05, 3.63) is 77.6 Å². The Kier molecular flexibility index (Phi) is 6.77. The minimum absolute atomic E-state index is 0.00168. The minimum atomic E-state index is -3.72. The first-order valence-corrected chi connectivity index (χ1v) is 12.8. The van der Waals surface area contributed by atoms with Crippen molar-refractivity contribution < 1.29 is 31.2 Å². The predicted molar refractivity (Wildman–Crippen MR) is 129 cm³/mol. The molecule has 188 valence electrons. The highest BCUT2D eigenvalue weighted by Crippen LogP contribution is 2.35. The zero-order valence-corrected chi connectivity index (χ0v) is 20.1. The highest BCUT2D eigenvalue weighted by Gasteiger charge is 2.36. The van der Waals surface area contributed by atoms with Crippen LogP contribution in [0.3, 0.4) is 0 Å². The van der Waals surface area contributed by atoms with E-state index in [1.54, 1.807) is 13.0 Å². The molecule has 1 atom stereocenters. The van der Waals surface area contributed by atoms with Gasteiger partial charge in [-0.25, -0.2) is 26.4 Å². The quantitative estimate of drug-likeness (QED) is 0.524. The summed E-state index contributed by atoms with van der Waals surface area (Å²) >= 11 is 0. The van der Waals surface area contributed by atoms with Gasteiger partial charge in [-0.15, -0.1) is 0 Å². The largest absolute Gasteiger partial charge is 0.326 e. The Morgan fingerprint density at radius 1 is 1.00 bits per heavy atom. The molecule has 1 aliphatic rings. The molecular formula is C25H22F3N3O4S. The van der Waals surface area contributed by atoms with Gasteiger partial charge in [0, 0.05) is 23.9 Å². The molecule has 7 nitrogen and oxygen atoms in total. The second-order valence-corrected chi connectivity index (χ2v) is 10.4. The van der Waals surface area contributed by atoms with Crippen LogP contribution in [0.4, 0.5) is 29.3 Å². The average Bonchev–Trinajstić information content (AvgIpc) is 3.16. The first-order chi connectivity index (χ1) is 17.0. The number of hydrogen-bond donors (Lipinski definition) is 2. The van der Waals surface area contributed by atoms with Crippen molar-refractivity contribution >= 4 is 33.2 Å². The first-order valence-electron chi connectivity index (χ1n) is 10.9. The molecule has 0 bridgehead atoms. The number of sulfone groups is 1. The van der Waals surface area contributed by atoms with Gasteiger partial charge < -0.3 is 15.5 Å². The monoisotopic (exact) mass is 517 g/mol. The standard InChI is InChI=1S/C25H22F3N3O4S/c1-14-7-9-18(17(26)13-14)29-25(33)30-19-11-12-31(24(19)32)20-10-8-16(22(27)23(20)28)15-5-3-4-6-21(15)36(2,34)35/h3-10,13,19H,11-12H2,1-2H3,(H2,29,30,33)/t19-/m1/s1. The number of urea groups is 1. The molecule has 0 spiro atoms. The van der Waals surface area contributed by atoms with E-state index < -0.39 is 45.3 Å². The Balaban J connectivity index is 1.54. The molecule has 2 N–H and O–H groups in total. The molecule has 0 aliphatic carbocycles. The maximum Gasteiger partial charge on any atom is 0.319 e. The predicted octanol–water partition coefficient (Wildman–Crippen LogP) is 4.41. The zero-order valence-electron chi connectivity index (χ0n) is 19.3. The van der Waals surface area contributed by atoms with Crippen molar-refractivity contribution in [1.29, 1.82) is 0 Å². The third kappa shape index (κ3) is 4.92.